The number of hydrogen-bond acceptors (Lipinski definition) is 2. The van der Waals surface area contributed by atoms with Crippen molar-refractivity contribution < 1.29 is 4.79 Å². The van der Waals surface area contributed by atoms with Crippen molar-refractivity contribution in [1.82, 2.24) is 9.55 Å². The van der Waals surface area contributed by atoms with Gasteiger partial charge in [-0.15, -0.1) is 0 Å². The maximum Gasteiger partial charge on any atom is 0.162 e. The van der Waals surface area contributed by atoms with Gasteiger partial charge in [0, 0.05) is 23.9 Å². The predicted octanol–water partition coefficient (Wildman–Crippen LogP) is 3.29. The normalized spacial score (nSPS) is 15.7. The molecular formula is C15H18N2O. The van der Waals surface area contributed by atoms with Crippen LogP contribution >= 0.6 is 0 Å². The number of carbonyl (C=O) groups is 1. The zero-order valence-electron chi connectivity index (χ0n) is 10.9. The Hall–Kier alpha value is -1.90. The van der Waals surface area contributed by atoms with Gasteiger partial charge in [0.2, 0.25) is 0 Å². The van der Waals surface area contributed by atoms with Gasteiger partial charge in [-0.25, -0.2) is 4.98 Å². The fourth-order valence-electron chi connectivity index (χ4n) is 1.95. The third-order valence-electron chi connectivity index (χ3n) is 2.97. The maximum absolute atomic E-state index is 11.7. The third-order valence-corrected chi connectivity index (χ3v) is 2.97. The topological polar surface area (TPSA) is 34.9 Å². The number of ketones is 1. The molecule has 1 aliphatic rings. The Kier molecular flexibility index (Phi) is 3.92. The third kappa shape index (κ3) is 2.86. The lowest BCUT2D eigenvalue weighted by molar-refractivity contribution is -0.115. The van der Waals surface area contributed by atoms with Crippen molar-refractivity contribution in [2.75, 3.05) is 0 Å². The van der Waals surface area contributed by atoms with E-state index in [2.05, 4.69) is 11.1 Å². The molecule has 0 N–H and O–H groups in total. The van der Waals surface area contributed by atoms with Crippen LogP contribution in [0.25, 0.3) is 5.70 Å². The zero-order chi connectivity index (χ0) is 13.0. The summed E-state index contributed by atoms with van der Waals surface area (Å²) in [5.74, 6) is 0.203. The van der Waals surface area contributed by atoms with Crippen molar-refractivity contribution in [1.29, 1.82) is 0 Å². The van der Waals surface area contributed by atoms with Crippen molar-refractivity contribution in [3.63, 3.8) is 0 Å². The molecule has 0 aliphatic heterocycles. The fourth-order valence-corrected chi connectivity index (χ4v) is 1.95. The maximum atomic E-state index is 11.7. The van der Waals surface area contributed by atoms with E-state index in [-0.39, 0.29) is 5.78 Å². The summed E-state index contributed by atoms with van der Waals surface area (Å²) in [7, 11) is 0. The molecule has 0 aromatic carbocycles. The van der Waals surface area contributed by atoms with Gasteiger partial charge >= 0.3 is 0 Å². The van der Waals surface area contributed by atoms with Crippen LogP contribution in [0.5, 0.6) is 0 Å². The second-order valence-electron chi connectivity index (χ2n) is 4.40. The number of hydrogen-bond donors (Lipinski definition) is 0. The Labute approximate surface area is 108 Å². The van der Waals surface area contributed by atoms with Gasteiger partial charge in [-0.2, -0.15) is 0 Å². The highest BCUT2D eigenvalue weighted by atomic mass is 16.1. The Morgan fingerprint density at radius 3 is 2.78 bits per heavy atom. The first-order valence-corrected chi connectivity index (χ1v) is 6.33. The summed E-state index contributed by atoms with van der Waals surface area (Å²) in [5, 5.41) is 0. The number of carbonyl (C=O) groups excluding carboxylic acids is 1. The molecule has 1 heterocycles. The van der Waals surface area contributed by atoms with E-state index in [9.17, 15) is 4.79 Å². The summed E-state index contributed by atoms with van der Waals surface area (Å²) in [5.41, 5.74) is 2.89. The summed E-state index contributed by atoms with van der Waals surface area (Å²) >= 11 is 0. The van der Waals surface area contributed by atoms with Crippen LogP contribution in [0.4, 0.5) is 0 Å². The van der Waals surface area contributed by atoms with E-state index < -0.39 is 0 Å². The minimum absolute atomic E-state index is 0.203. The van der Waals surface area contributed by atoms with Crippen LogP contribution in [0.2, 0.25) is 0 Å². The molecule has 3 nitrogen and oxygen atoms in total. The first kappa shape index (κ1) is 12.6. The Balaban J connectivity index is 2.25. The molecule has 0 spiro atoms. The van der Waals surface area contributed by atoms with Crippen LogP contribution in [0.1, 0.15) is 31.9 Å². The minimum Gasteiger partial charge on any atom is -0.306 e. The molecule has 0 bridgehead atoms. The van der Waals surface area contributed by atoms with Crippen LogP contribution in [-0.2, 0) is 4.79 Å². The second-order valence-corrected chi connectivity index (χ2v) is 4.40. The summed E-state index contributed by atoms with van der Waals surface area (Å²) in [6.45, 7) is 3.86. The Bertz CT molecular complexity index is 532. The van der Waals surface area contributed by atoms with Crippen molar-refractivity contribution in [3.8, 4) is 0 Å². The summed E-state index contributed by atoms with van der Waals surface area (Å²) in [6, 6.07) is 0. The van der Waals surface area contributed by atoms with Crippen LogP contribution < -0.4 is 0 Å². The van der Waals surface area contributed by atoms with Gasteiger partial charge in [0.1, 0.15) is 0 Å². The Morgan fingerprint density at radius 1 is 1.33 bits per heavy atom. The van der Waals surface area contributed by atoms with Gasteiger partial charge < -0.3 is 4.57 Å². The van der Waals surface area contributed by atoms with Gasteiger partial charge in [0.25, 0.3) is 0 Å². The standard InChI is InChI=1S/C15H18N2O/c1-3-15(18)13-6-4-5-7-14(9-8-13)17-10-12(2)16-11-17/h6-11H,3-5H2,1-2H3. The molecule has 0 atom stereocenters. The highest BCUT2D eigenvalue weighted by Crippen LogP contribution is 2.16. The lowest BCUT2D eigenvalue weighted by Crippen LogP contribution is -2.00. The molecule has 1 aliphatic carbocycles. The predicted molar refractivity (Wildman–Crippen MR) is 73.0 cm³/mol. The van der Waals surface area contributed by atoms with Gasteiger partial charge in [0.05, 0.1) is 12.0 Å². The van der Waals surface area contributed by atoms with E-state index in [0.29, 0.717) is 6.42 Å². The van der Waals surface area contributed by atoms with E-state index in [1.807, 2.05) is 42.8 Å². The lowest BCUT2D eigenvalue weighted by atomic mass is 10.0. The molecule has 0 radical (unpaired) electrons. The number of nitrogens with zero attached hydrogens (tertiary/aromatic N) is 2. The highest BCUT2D eigenvalue weighted by molar-refractivity contribution is 5.98. The molecule has 1 aromatic heterocycles. The van der Waals surface area contributed by atoms with Crippen molar-refractivity contribution in [2.24, 2.45) is 0 Å². The molecule has 94 valence electrons. The van der Waals surface area contributed by atoms with Crippen LogP contribution in [0, 0.1) is 6.92 Å². The molecular weight excluding hydrogens is 224 g/mol. The number of allylic oxidation sites excluding steroid dienone is 6. The van der Waals surface area contributed by atoms with E-state index in [4.69, 9.17) is 0 Å². The van der Waals surface area contributed by atoms with Gasteiger partial charge in [-0.05, 0) is 31.9 Å². The number of aryl methyl sites for hydroxylation is 1. The lowest BCUT2D eigenvalue weighted by Gasteiger charge is -2.07. The van der Waals surface area contributed by atoms with E-state index in [0.717, 1.165) is 29.8 Å². The first-order valence-electron chi connectivity index (χ1n) is 6.33. The van der Waals surface area contributed by atoms with Crippen molar-refractivity contribution in [2.45, 2.75) is 33.1 Å². The smallest absolute Gasteiger partial charge is 0.162 e. The van der Waals surface area contributed by atoms with E-state index in [1.54, 1.807) is 6.33 Å². The molecule has 2 rings (SSSR count). The molecule has 1 aromatic rings. The SMILES string of the molecule is CCC(=O)C1=CCCC=C(n2cnc(C)c2)C=C1. The zero-order valence-corrected chi connectivity index (χ0v) is 10.9. The average molecular weight is 242 g/mol. The molecule has 0 fully saturated rings. The number of rotatable bonds is 3. The molecule has 0 saturated heterocycles. The van der Waals surface area contributed by atoms with Crippen LogP contribution in [0.15, 0.2) is 42.4 Å². The molecule has 18 heavy (non-hydrogen) atoms. The van der Waals surface area contributed by atoms with Gasteiger partial charge in [-0.3, -0.25) is 4.79 Å². The summed E-state index contributed by atoms with van der Waals surface area (Å²) in [4.78, 5) is 15.9. The molecule has 0 unspecified atom stereocenters. The average Bonchev–Trinajstić information content (AvgIpc) is 2.75. The van der Waals surface area contributed by atoms with Gasteiger partial charge in [0.15, 0.2) is 5.78 Å². The van der Waals surface area contributed by atoms with E-state index >= 15 is 0 Å². The van der Waals surface area contributed by atoms with Crippen molar-refractivity contribution in [3.05, 3.63) is 48.1 Å². The number of aromatic nitrogens is 2. The molecule has 0 saturated carbocycles. The molecule has 0 amide bonds. The minimum atomic E-state index is 0.203. The summed E-state index contributed by atoms with van der Waals surface area (Å²) in [6.07, 6.45) is 14.3. The monoisotopic (exact) mass is 242 g/mol. The van der Waals surface area contributed by atoms with Crippen molar-refractivity contribution >= 4 is 11.5 Å². The fraction of sp³-hybridized carbons (Fsp3) is 0.333. The first-order chi connectivity index (χ1) is 8.70. The Morgan fingerprint density at radius 2 is 2.11 bits per heavy atom. The summed E-state index contributed by atoms with van der Waals surface area (Å²) < 4.78 is 1.99. The molecule has 3 heteroatoms. The van der Waals surface area contributed by atoms with Crippen LogP contribution in [0.3, 0.4) is 0 Å². The second kappa shape index (κ2) is 5.63. The largest absolute Gasteiger partial charge is 0.306 e. The van der Waals surface area contributed by atoms with E-state index in [1.165, 1.54) is 0 Å². The number of Topliss-reactive ketones (excluding diaryl/α,β-unsaturated/α-hetero) is 1. The van der Waals surface area contributed by atoms with Crippen LogP contribution in [-0.4, -0.2) is 15.3 Å². The quantitative estimate of drug-likeness (QED) is 0.815. The number of imidazole rings is 1. The highest BCUT2D eigenvalue weighted by Gasteiger charge is 2.06. The van der Waals surface area contributed by atoms with Gasteiger partial charge in [-0.1, -0.05) is 19.1 Å².